The Kier molecular flexibility index (Phi) is 13.6. The maximum absolute atomic E-state index is 5.01. The molecule has 7 heteroatoms. The Morgan fingerprint density at radius 1 is 0.769 bits per heavy atom. The second-order valence-corrected chi connectivity index (χ2v) is 22.1. The number of hydrogen-bond acceptors (Lipinski definition) is 0. The molecule has 0 bridgehead atoms. The maximum atomic E-state index is 5.01. The van der Waals surface area contributed by atoms with Gasteiger partial charge in [-0.1, -0.05) is 25.7 Å². The van der Waals surface area contributed by atoms with Gasteiger partial charge in [-0.3, -0.25) is 0 Å². The van der Waals surface area contributed by atoms with E-state index in [9.17, 15) is 0 Å². The van der Waals surface area contributed by atoms with Crippen molar-refractivity contribution in [1.29, 1.82) is 0 Å². The van der Waals surface area contributed by atoms with Crippen LogP contribution in [0.25, 0.3) is 11.5 Å². The van der Waals surface area contributed by atoms with Crippen LogP contribution in [0.1, 0.15) is 25.7 Å². The van der Waals surface area contributed by atoms with E-state index in [1.54, 1.807) is 0 Å². The first-order valence-corrected chi connectivity index (χ1v) is 14.9. The zero-order valence-electron chi connectivity index (χ0n) is 7.10. The molecule has 0 aromatic rings. The molecule has 0 aromatic carbocycles. The van der Waals surface area contributed by atoms with Crippen molar-refractivity contribution in [2.24, 2.45) is 0 Å². The number of nitrogens with zero attached hydrogens (tertiary/aromatic N) is 1. The number of halogens is 4. The average Bonchev–Trinajstić information content (AvgIpc) is 2.10. The second kappa shape index (κ2) is 10.3. The molecule has 0 aliphatic carbocycles. The van der Waals surface area contributed by atoms with Gasteiger partial charge in [-0.2, -0.15) is 0 Å². The minimum Gasteiger partial charge on any atom is -0.693 e. The van der Waals surface area contributed by atoms with Crippen LogP contribution >= 0.6 is 37.7 Å². The topological polar surface area (TPSA) is 47.6 Å². The van der Waals surface area contributed by atoms with Crippen LogP contribution in [0.3, 0.4) is 0 Å². The average molecular weight is 451 g/mol. The van der Waals surface area contributed by atoms with Crippen molar-refractivity contribution in [3.8, 4) is 0 Å². The van der Waals surface area contributed by atoms with Crippen LogP contribution in [0.15, 0.2) is 0 Å². The molecule has 1 heterocycles. The first kappa shape index (κ1) is 17.2. The molecule has 1 rings (SSSR count). The van der Waals surface area contributed by atoms with Crippen LogP contribution in [-0.4, -0.2) is 13.1 Å². The standard InChI is InChI=1S/C6H12N.4ClH.H2N.Pt/c1-2-4-6-7-5-3-1;;;;;;/h1-6H2;4*1H;1H2;/q-1;;;;;-1;+6/p-4. The van der Waals surface area contributed by atoms with E-state index in [2.05, 4.69) is 5.32 Å². The zero-order chi connectivity index (χ0) is 9.45. The number of rotatable bonds is 0. The summed E-state index contributed by atoms with van der Waals surface area (Å²) in [5, 5.41) is 4.27. The van der Waals surface area contributed by atoms with E-state index in [4.69, 9.17) is 37.7 Å². The van der Waals surface area contributed by atoms with Crippen LogP contribution in [0.2, 0.25) is 0 Å². The summed E-state index contributed by atoms with van der Waals surface area (Å²) >= 11 is -3.06. The van der Waals surface area contributed by atoms with Gasteiger partial charge in [0.15, 0.2) is 0 Å². The Morgan fingerprint density at radius 3 is 1.38 bits per heavy atom. The van der Waals surface area contributed by atoms with Gasteiger partial charge in [0.1, 0.15) is 0 Å². The molecule has 0 saturated carbocycles. The van der Waals surface area contributed by atoms with E-state index in [0.717, 1.165) is 13.1 Å². The smallest absolute Gasteiger partial charge is 0.693 e. The Labute approximate surface area is 99.1 Å². The van der Waals surface area contributed by atoms with Gasteiger partial charge in [-0.15, -0.1) is 13.1 Å². The molecule has 1 aliphatic heterocycles. The monoisotopic (exact) mass is 449 g/mol. The van der Waals surface area contributed by atoms with Gasteiger partial charge in [0.25, 0.3) is 0 Å². The summed E-state index contributed by atoms with van der Waals surface area (Å²) in [5.74, 6) is 0. The van der Waals surface area contributed by atoms with E-state index >= 15 is 0 Å². The summed E-state index contributed by atoms with van der Waals surface area (Å²) in [4.78, 5) is 0. The predicted molar refractivity (Wildman–Crippen MR) is 60.3 cm³/mol. The van der Waals surface area contributed by atoms with Crippen molar-refractivity contribution in [1.82, 2.24) is 0 Å². The van der Waals surface area contributed by atoms with Crippen molar-refractivity contribution in [3.05, 3.63) is 11.5 Å². The largest absolute Gasteiger partial charge is 0.693 e. The van der Waals surface area contributed by atoms with Gasteiger partial charge < -0.3 is 11.5 Å². The van der Waals surface area contributed by atoms with Gasteiger partial charge in [0, 0.05) is 0 Å². The Morgan fingerprint density at radius 2 is 1.08 bits per heavy atom. The third-order valence-corrected chi connectivity index (χ3v) is 1.38. The molecular weight excluding hydrogens is 437 g/mol. The molecule has 86 valence electrons. The Hall–Kier alpha value is 1.77. The van der Waals surface area contributed by atoms with E-state index in [1.807, 2.05) is 0 Å². The third kappa shape index (κ3) is 24.8. The van der Waals surface area contributed by atoms with Crippen molar-refractivity contribution < 1.29 is 11.9 Å². The van der Waals surface area contributed by atoms with Crippen LogP contribution in [0, 0.1) is 0 Å². The summed E-state index contributed by atoms with van der Waals surface area (Å²) in [6.07, 6.45) is 5.48. The zero-order valence-corrected chi connectivity index (χ0v) is 12.4. The molecule has 1 fully saturated rings. The molecule has 2 N–H and O–H groups in total. The normalized spacial score (nSPS) is 18.8. The molecule has 0 radical (unpaired) electrons. The summed E-state index contributed by atoms with van der Waals surface area (Å²) in [6, 6.07) is 0. The Bertz CT molecular complexity index is 83.6. The van der Waals surface area contributed by atoms with Crippen LogP contribution in [0.5, 0.6) is 0 Å². The van der Waals surface area contributed by atoms with Crippen LogP contribution < -0.4 is 0 Å². The molecule has 0 aromatic heterocycles. The first-order chi connectivity index (χ1) is 5.50. The van der Waals surface area contributed by atoms with Crippen molar-refractivity contribution in [2.45, 2.75) is 25.7 Å². The fourth-order valence-corrected chi connectivity index (χ4v) is 0.913. The fraction of sp³-hybridized carbons (Fsp3) is 1.00. The van der Waals surface area contributed by atoms with Gasteiger partial charge in [-0.25, -0.2) is 0 Å². The van der Waals surface area contributed by atoms with E-state index < -0.39 is 11.9 Å². The van der Waals surface area contributed by atoms with Gasteiger partial charge in [0.05, 0.1) is 0 Å². The number of nitrogens with two attached hydrogens (primary N) is 1. The van der Waals surface area contributed by atoms with E-state index in [-0.39, 0.29) is 6.15 Å². The quantitative estimate of drug-likeness (QED) is 0.474. The molecule has 0 atom stereocenters. The second-order valence-electron chi connectivity index (χ2n) is 2.36. The van der Waals surface area contributed by atoms with Gasteiger partial charge in [-0.05, 0) is 0 Å². The minimum atomic E-state index is -3.06. The molecule has 1 saturated heterocycles. The van der Waals surface area contributed by atoms with Crippen molar-refractivity contribution in [3.63, 3.8) is 0 Å². The molecule has 0 amide bonds. The molecular formula is C6H14Cl4N2Pt. The maximum Gasteiger partial charge on any atom is -0.693 e. The third-order valence-electron chi connectivity index (χ3n) is 1.38. The van der Waals surface area contributed by atoms with Crippen LogP contribution in [-0.2, 0) is 11.9 Å². The SMILES string of the molecule is C1CCC[N-]CC1.[Cl][Pt+2]([Cl])([Cl])[Cl].[NH2-]. The molecule has 13 heavy (non-hydrogen) atoms. The van der Waals surface area contributed by atoms with Gasteiger partial charge >= 0.3 is 49.6 Å². The fourth-order valence-electron chi connectivity index (χ4n) is 0.913. The first-order valence-electron chi connectivity index (χ1n) is 3.61. The van der Waals surface area contributed by atoms with Crippen molar-refractivity contribution >= 4 is 37.7 Å². The van der Waals surface area contributed by atoms with E-state index in [0.29, 0.717) is 0 Å². The molecule has 0 unspecified atom stereocenters. The molecule has 2 nitrogen and oxygen atoms in total. The summed E-state index contributed by atoms with van der Waals surface area (Å²) in [7, 11) is 20.0. The minimum absolute atomic E-state index is 0. The van der Waals surface area contributed by atoms with E-state index in [1.165, 1.54) is 25.7 Å². The summed E-state index contributed by atoms with van der Waals surface area (Å²) in [6.45, 7) is 2.25. The number of hydrogen-bond donors (Lipinski definition) is 0. The van der Waals surface area contributed by atoms with Crippen LogP contribution in [0.4, 0.5) is 0 Å². The van der Waals surface area contributed by atoms with Crippen molar-refractivity contribution in [2.75, 3.05) is 13.1 Å². The predicted octanol–water partition coefficient (Wildman–Crippen LogP) is 5.41. The Balaban J connectivity index is 0. The summed E-state index contributed by atoms with van der Waals surface area (Å²) in [5.41, 5.74) is 0. The van der Waals surface area contributed by atoms with Gasteiger partial charge in [0.2, 0.25) is 0 Å². The molecule has 1 aliphatic rings. The summed E-state index contributed by atoms with van der Waals surface area (Å²) < 4.78 is 0. The molecule has 0 spiro atoms.